The average molecular weight is 443 g/mol. The highest BCUT2D eigenvalue weighted by Crippen LogP contribution is 2.22. The highest BCUT2D eigenvalue weighted by molar-refractivity contribution is 6.38. The van der Waals surface area contributed by atoms with Gasteiger partial charge in [0.05, 0.1) is 11.9 Å². The van der Waals surface area contributed by atoms with Gasteiger partial charge in [-0.1, -0.05) is 60.7 Å². The molecule has 3 N–H and O–H groups in total. The minimum absolute atomic E-state index is 0.0907. The molecule has 9 heteroatoms. The zero-order valence-corrected chi connectivity index (χ0v) is 17.8. The number of hydrogen-bond acceptors (Lipinski definition) is 6. The van der Waals surface area contributed by atoms with Crippen molar-refractivity contribution in [2.45, 2.75) is 19.4 Å². The zero-order valence-electron chi connectivity index (χ0n) is 17.8. The van der Waals surface area contributed by atoms with Crippen LogP contribution in [-0.4, -0.2) is 38.4 Å². The molecule has 9 nitrogen and oxygen atoms in total. The first-order valence-electron chi connectivity index (χ1n) is 10.2. The van der Waals surface area contributed by atoms with Crippen LogP contribution in [0.4, 0.5) is 0 Å². The molecule has 0 saturated carbocycles. The summed E-state index contributed by atoms with van der Waals surface area (Å²) in [6, 6.07) is 18.9. The van der Waals surface area contributed by atoms with Gasteiger partial charge in [0.1, 0.15) is 11.7 Å². The molecule has 166 valence electrons. The van der Waals surface area contributed by atoms with E-state index in [-0.39, 0.29) is 18.1 Å². The van der Waals surface area contributed by atoms with E-state index in [4.69, 9.17) is 10.2 Å². The number of aromatic nitrogens is 3. The topological polar surface area (TPSA) is 133 Å². The molecule has 2 aromatic carbocycles. The largest absolute Gasteiger partial charge is 0.422 e. The lowest BCUT2D eigenvalue weighted by molar-refractivity contribution is -0.137. The van der Waals surface area contributed by atoms with Gasteiger partial charge in [0, 0.05) is 12.0 Å². The third-order valence-corrected chi connectivity index (χ3v) is 4.94. The van der Waals surface area contributed by atoms with Crippen LogP contribution in [0.5, 0.6) is 0 Å². The van der Waals surface area contributed by atoms with Crippen LogP contribution in [-0.2, 0) is 16.0 Å². The summed E-state index contributed by atoms with van der Waals surface area (Å²) in [4.78, 5) is 41.3. The third kappa shape index (κ3) is 4.87. The molecule has 0 saturated heterocycles. The summed E-state index contributed by atoms with van der Waals surface area (Å²) in [6.07, 6.45) is 1.65. The fraction of sp³-hybridized carbons (Fsp3) is 0.125. The quantitative estimate of drug-likeness (QED) is 0.401. The van der Waals surface area contributed by atoms with Crippen LogP contribution >= 0.6 is 0 Å². The van der Waals surface area contributed by atoms with Crippen molar-refractivity contribution in [1.29, 1.82) is 0 Å². The van der Waals surface area contributed by atoms with Gasteiger partial charge < -0.3 is 15.5 Å². The number of Topliss-reactive ketones (excluding diaryl/α,β-unsaturated/α-hetero) is 1. The molecule has 1 atom stereocenters. The number of nitrogens with two attached hydrogens (primary N) is 1. The predicted octanol–water partition coefficient (Wildman–Crippen LogP) is 2.23. The SMILES string of the molecule is Cc1cc(C(=O)N[C@@H](Cc2ccccc2)C(=O)C(N)=O)n(-c2ncc(-c3ccccc3)o2)n1. The van der Waals surface area contributed by atoms with E-state index in [1.165, 1.54) is 16.9 Å². The van der Waals surface area contributed by atoms with Gasteiger partial charge >= 0.3 is 6.01 Å². The molecule has 2 aromatic heterocycles. The van der Waals surface area contributed by atoms with Crippen molar-refractivity contribution >= 4 is 17.6 Å². The minimum atomic E-state index is -1.13. The number of amides is 2. The lowest BCUT2D eigenvalue weighted by Crippen LogP contribution is -2.47. The lowest BCUT2D eigenvalue weighted by Gasteiger charge is -2.16. The molecule has 0 fully saturated rings. The van der Waals surface area contributed by atoms with E-state index in [0.29, 0.717) is 11.5 Å². The first-order valence-corrected chi connectivity index (χ1v) is 10.2. The molecule has 0 aliphatic carbocycles. The number of nitrogens with zero attached hydrogens (tertiary/aromatic N) is 3. The Labute approximate surface area is 189 Å². The van der Waals surface area contributed by atoms with Crippen LogP contribution < -0.4 is 11.1 Å². The van der Waals surface area contributed by atoms with Crippen LogP contribution in [0.25, 0.3) is 17.3 Å². The predicted molar refractivity (Wildman–Crippen MR) is 119 cm³/mol. The summed E-state index contributed by atoms with van der Waals surface area (Å²) in [5.41, 5.74) is 7.44. The first kappa shape index (κ1) is 21.7. The molecule has 0 radical (unpaired) electrons. The van der Waals surface area contributed by atoms with E-state index in [2.05, 4.69) is 15.4 Å². The van der Waals surface area contributed by atoms with Gasteiger partial charge in [-0.15, -0.1) is 0 Å². The molecule has 33 heavy (non-hydrogen) atoms. The van der Waals surface area contributed by atoms with Gasteiger partial charge in [-0.3, -0.25) is 14.4 Å². The van der Waals surface area contributed by atoms with E-state index >= 15 is 0 Å². The van der Waals surface area contributed by atoms with Crippen molar-refractivity contribution in [1.82, 2.24) is 20.1 Å². The number of rotatable bonds is 8. The Balaban J connectivity index is 1.61. The van der Waals surface area contributed by atoms with Crippen LogP contribution in [0.3, 0.4) is 0 Å². The zero-order chi connectivity index (χ0) is 23.4. The van der Waals surface area contributed by atoms with Crippen molar-refractivity contribution < 1.29 is 18.8 Å². The maximum absolute atomic E-state index is 13.1. The minimum Gasteiger partial charge on any atom is -0.422 e. The highest BCUT2D eigenvalue weighted by atomic mass is 16.4. The van der Waals surface area contributed by atoms with Crippen molar-refractivity contribution in [2.24, 2.45) is 5.73 Å². The first-order chi connectivity index (χ1) is 15.9. The number of oxazole rings is 1. The molecule has 0 unspecified atom stereocenters. The molecule has 2 heterocycles. The molecule has 0 aliphatic heterocycles. The normalized spacial score (nSPS) is 11.7. The van der Waals surface area contributed by atoms with Crippen molar-refractivity contribution in [3.8, 4) is 17.3 Å². The van der Waals surface area contributed by atoms with Crippen LogP contribution in [0.15, 0.2) is 77.3 Å². The van der Waals surface area contributed by atoms with Crippen LogP contribution in [0.1, 0.15) is 21.7 Å². The highest BCUT2D eigenvalue weighted by Gasteiger charge is 2.28. The molecular formula is C24H21N5O4. The van der Waals surface area contributed by atoms with E-state index in [1.807, 2.05) is 36.4 Å². The van der Waals surface area contributed by atoms with Gasteiger partial charge in [0.15, 0.2) is 5.76 Å². The number of carbonyl (C=O) groups is 3. The summed E-state index contributed by atoms with van der Waals surface area (Å²) in [5.74, 6) is -2.12. The second-order valence-electron chi connectivity index (χ2n) is 7.40. The second kappa shape index (κ2) is 9.31. The number of carbonyl (C=O) groups excluding carboxylic acids is 3. The Kier molecular flexibility index (Phi) is 6.12. The molecule has 0 spiro atoms. The van der Waals surface area contributed by atoms with Gasteiger partial charge in [0.25, 0.3) is 11.8 Å². The number of nitrogens with one attached hydrogen (secondary N) is 1. The summed E-state index contributed by atoms with van der Waals surface area (Å²) in [5, 5.41) is 6.91. The van der Waals surface area contributed by atoms with Crippen LogP contribution in [0, 0.1) is 6.92 Å². The van der Waals surface area contributed by atoms with Crippen molar-refractivity contribution in [2.75, 3.05) is 0 Å². The third-order valence-electron chi connectivity index (χ3n) is 4.94. The number of hydrogen-bond donors (Lipinski definition) is 2. The Morgan fingerprint density at radius 3 is 2.39 bits per heavy atom. The standard InChI is InChI=1S/C24H21N5O4/c1-15-12-19(29(28-15)24-26-14-20(33-24)17-10-6-3-7-11-17)23(32)27-18(21(30)22(25)31)13-16-8-4-2-5-9-16/h2-12,14,18H,13H2,1H3,(H2,25,31)(H,27,32)/t18-/m0/s1. The maximum Gasteiger partial charge on any atom is 0.324 e. The molecule has 0 aliphatic rings. The van der Waals surface area contributed by atoms with Crippen LogP contribution in [0.2, 0.25) is 0 Å². The number of aryl methyl sites for hydroxylation is 1. The Morgan fingerprint density at radius 1 is 1.06 bits per heavy atom. The van der Waals surface area contributed by atoms with Gasteiger partial charge in [-0.25, -0.2) is 0 Å². The van der Waals surface area contributed by atoms with E-state index in [9.17, 15) is 14.4 Å². The second-order valence-corrected chi connectivity index (χ2v) is 7.40. The fourth-order valence-electron chi connectivity index (χ4n) is 3.37. The number of benzene rings is 2. The van der Waals surface area contributed by atoms with E-state index in [0.717, 1.165) is 11.1 Å². The monoisotopic (exact) mass is 443 g/mol. The Hall–Kier alpha value is -4.53. The molecule has 2 amide bonds. The molecule has 4 rings (SSSR count). The summed E-state index contributed by atoms with van der Waals surface area (Å²) in [6.45, 7) is 1.71. The Morgan fingerprint density at radius 2 is 1.73 bits per heavy atom. The number of ketones is 1. The van der Waals surface area contributed by atoms with E-state index in [1.54, 1.807) is 31.2 Å². The van der Waals surface area contributed by atoms with E-state index < -0.39 is 23.6 Å². The average Bonchev–Trinajstić information content (AvgIpc) is 3.46. The van der Waals surface area contributed by atoms with Gasteiger partial charge in [-0.05, 0) is 18.6 Å². The smallest absolute Gasteiger partial charge is 0.324 e. The summed E-state index contributed by atoms with van der Waals surface area (Å²) < 4.78 is 7.07. The number of primary amides is 1. The molecular weight excluding hydrogens is 422 g/mol. The molecule has 4 aromatic rings. The van der Waals surface area contributed by atoms with Crippen molar-refractivity contribution in [3.63, 3.8) is 0 Å². The van der Waals surface area contributed by atoms with Gasteiger partial charge in [0.2, 0.25) is 5.78 Å². The summed E-state index contributed by atoms with van der Waals surface area (Å²) >= 11 is 0. The van der Waals surface area contributed by atoms with Crippen molar-refractivity contribution in [3.05, 3.63) is 89.9 Å². The lowest BCUT2D eigenvalue weighted by atomic mass is 10.0. The molecule has 0 bridgehead atoms. The van der Waals surface area contributed by atoms with Gasteiger partial charge in [-0.2, -0.15) is 14.8 Å². The maximum atomic E-state index is 13.1. The summed E-state index contributed by atoms with van der Waals surface area (Å²) in [7, 11) is 0. The Bertz CT molecular complexity index is 1290. The fourth-order valence-corrected chi connectivity index (χ4v) is 3.37.